The minimum atomic E-state index is 0.357. The van der Waals surface area contributed by atoms with E-state index in [0.717, 1.165) is 47.6 Å². The van der Waals surface area contributed by atoms with E-state index in [1.165, 1.54) is 11.3 Å². The fraction of sp³-hybridized carbons (Fsp3) is 0.375. The first-order chi connectivity index (χ1) is 11.3. The lowest BCUT2D eigenvalue weighted by Gasteiger charge is -2.28. The summed E-state index contributed by atoms with van der Waals surface area (Å²) in [5, 5.41) is 4.48. The quantitative estimate of drug-likeness (QED) is 0.796. The van der Waals surface area contributed by atoms with Gasteiger partial charge in [-0.1, -0.05) is 0 Å². The van der Waals surface area contributed by atoms with E-state index in [-0.39, 0.29) is 0 Å². The summed E-state index contributed by atoms with van der Waals surface area (Å²) >= 11 is 3.59. The van der Waals surface area contributed by atoms with Crippen LogP contribution >= 0.6 is 15.9 Å². The molecule has 0 radical (unpaired) electrons. The molecule has 4 aliphatic heterocycles. The molecule has 23 heavy (non-hydrogen) atoms. The Labute approximate surface area is 141 Å². The van der Waals surface area contributed by atoms with Gasteiger partial charge in [0.15, 0.2) is 0 Å². The smallest absolute Gasteiger partial charge is 0.143 e. The monoisotopic (exact) mass is 374 g/mol. The second kappa shape index (κ2) is 5.07. The Morgan fingerprint density at radius 2 is 2.22 bits per heavy atom. The van der Waals surface area contributed by atoms with E-state index in [0.29, 0.717) is 12.6 Å². The van der Waals surface area contributed by atoms with Crippen LogP contribution in [0.1, 0.15) is 18.0 Å². The third-order valence-electron chi connectivity index (χ3n) is 4.62. The fourth-order valence-electron chi connectivity index (χ4n) is 3.33. The van der Waals surface area contributed by atoms with Crippen LogP contribution in [-0.4, -0.2) is 46.9 Å². The highest BCUT2D eigenvalue weighted by atomic mass is 79.9. The number of amidine groups is 1. The predicted molar refractivity (Wildman–Crippen MR) is 88.0 cm³/mol. The van der Waals surface area contributed by atoms with Crippen molar-refractivity contribution < 1.29 is 9.47 Å². The van der Waals surface area contributed by atoms with Crippen LogP contribution in [0.15, 0.2) is 51.2 Å². The summed E-state index contributed by atoms with van der Waals surface area (Å²) < 4.78 is 13.8. The number of aliphatic imine (C=N–C) groups is 1. The van der Waals surface area contributed by atoms with Crippen LogP contribution in [0.4, 0.5) is 0 Å². The van der Waals surface area contributed by atoms with Crippen LogP contribution in [0.3, 0.4) is 0 Å². The summed E-state index contributed by atoms with van der Waals surface area (Å²) in [6, 6.07) is 0.357. The van der Waals surface area contributed by atoms with Crippen molar-refractivity contribution in [2.45, 2.75) is 12.5 Å². The van der Waals surface area contributed by atoms with Crippen LogP contribution < -0.4 is 0 Å². The van der Waals surface area contributed by atoms with Crippen LogP contribution in [0.5, 0.6) is 0 Å². The Morgan fingerprint density at radius 1 is 1.30 bits per heavy atom. The average molecular weight is 375 g/mol. The van der Waals surface area contributed by atoms with Gasteiger partial charge in [0.05, 0.1) is 47.5 Å². The molecule has 6 nitrogen and oxygen atoms in total. The molecule has 0 unspecified atom stereocenters. The molecule has 0 bridgehead atoms. The maximum absolute atomic E-state index is 5.61. The Balaban J connectivity index is 1.56. The first-order valence-corrected chi connectivity index (χ1v) is 8.48. The lowest BCUT2D eigenvalue weighted by atomic mass is 10.1. The van der Waals surface area contributed by atoms with Crippen LogP contribution in [0.2, 0.25) is 0 Å². The number of aromatic nitrogens is 2. The third-order valence-corrected chi connectivity index (χ3v) is 5.24. The lowest BCUT2D eigenvalue weighted by molar-refractivity contribution is -0.0286. The molecule has 7 heteroatoms. The third kappa shape index (κ3) is 2.03. The molecule has 0 aromatic carbocycles. The standard InChI is InChI=1S/C16H15BrN4O2/c17-14-9-22-6-10-1-2-20-15(10)13(14)4-18-16(20)11-3-19-21(5-11)12-7-23-8-12/h3-5,9,12H,1-2,6-8H2. The van der Waals surface area contributed by atoms with E-state index in [1.54, 1.807) is 6.26 Å². The number of halogens is 1. The fourth-order valence-corrected chi connectivity index (χ4v) is 3.75. The average Bonchev–Trinajstić information content (AvgIpc) is 3.09. The van der Waals surface area contributed by atoms with Crippen molar-refractivity contribution in [3.8, 4) is 0 Å². The first-order valence-electron chi connectivity index (χ1n) is 7.69. The zero-order valence-corrected chi connectivity index (χ0v) is 14.0. The molecule has 0 aliphatic carbocycles. The number of nitrogens with zero attached hydrogens (tertiary/aromatic N) is 4. The number of hydrogen-bond donors (Lipinski definition) is 0. The topological polar surface area (TPSA) is 51.9 Å². The van der Waals surface area contributed by atoms with E-state index in [9.17, 15) is 0 Å². The largest absolute Gasteiger partial charge is 0.496 e. The van der Waals surface area contributed by atoms with Crippen LogP contribution in [0.25, 0.3) is 0 Å². The molecule has 1 aromatic heterocycles. The van der Waals surface area contributed by atoms with Crippen molar-refractivity contribution in [2.24, 2.45) is 4.99 Å². The Hall–Kier alpha value is -1.86. The highest BCUT2D eigenvalue weighted by Crippen LogP contribution is 2.40. The van der Waals surface area contributed by atoms with E-state index in [4.69, 9.17) is 14.5 Å². The molecule has 5 rings (SSSR count). The Bertz CT molecular complexity index is 801. The molecular weight excluding hydrogens is 360 g/mol. The van der Waals surface area contributed by atoms with Crippen molar-refractivity contribution >= 4 is 21.8 Å². The van der Waals surface area contributed by atoms with Crippen LogP contribution in [-0.2, 0) is 9.47 Å². The zero-order valence-electron chi connectivity index (χ0n) is 12.4. The SMILES string of the molecule is BrC1=COCC2=C3C1=CN=C(c1cnn(C4COC4)c1)N3CC2. The minimum Gasteiger partial charge on any atom is -0.496 e. The normalized spacial score (nSPS) is 23.5. The molecule has 0 spiro atoms. The van der Waals surface area contributed by atoms with Crippen LogP contribution in [0, 0.1) is 0 Å². The highest BCUT2D eigenvalue weighted by Gasteiger charge is 2.34. The summed E-state index contributed by atoms with van der Waals surface area (Å²) in [6.07, 6.45) is 8.65. The summed E-state index contributed by atoms with van der Waals surface area (Å²) in [6.45, 7) is 3.06. The van der Waals surface area contributed by atoms with Crippen molar-refractivity contribution in [1.29, 1.82) is 0 Å². The lowest BCUT2D eigenvalue weighted by Crippen LogP contribution is -2.32. The number of hydrogen-bond acceptors (Lipinski definition) is 5. The van der Waals surface area contributed by atoms with Crippen molar-refractivity contribution in [3.05, 3.63) is 51.7 Å². The van der Waals surface area contributed by atoms with Crippen molar-refractivity contribution in [2.75, 3.05) is 26.4 Å². The first kappa shape index (κ1) is 13.6. The molecule has 0 saturated carbocycles. The summed E-state index contributed by atoms with van der Waals surface area (Å²) in [5.74, 6) is 0.965. The molecule has 1 aromatic rings. The van der Waals surface area contributed by atoms with Gasteiger partial charge in [-0.3, -0.25) is 4.68 Å². The summed E-state index contributed by atoms with van der Waals surface area (Å²) in [5.41, 5.74) is 4.70. The van der Waals surface area contributed by atoms with E-state index in [1.807, 2.05) is 17.1 Å². The number of rotatable bonds is 2. The number of ether oxygens (including phenoxy) is 2. The van der Waals surface area contributed by atoms with Gasteiger partial charge < -0.3 is 14.4 Å². The second-order valence-electron chi connectivity index (χ2n) is 6.03. The van der Waals surface area contributed by atoms with Crippen molar-refractivity contribution in [1.82, 2.24) is 14.7 Å². The van der Waals surface area contributed by atoms with Gasteiger partial charge in [-0.2, -0.15) is 5.10 Å². The highest BCUT2D eigenvalue weighted by molar-refractivity contribution is 9.12. The van der Waals surface area contributed by atoms with Gasteiger partial charge >= 0.3 is 0 Å². The van der Waals surface area contributed by atoms with Crippen molar-refractivity contribution in [3.63, 3.8) is 0 Å². The van der Waals surface area contributed by atoms with E-state index >= 15 is 0 Å². The Kier molecular flexibility index (Phi) is 2.99. The van der Waals surface area contributed by atoms with Gasteiger partial charge in [0.2, 0.25) is 0 Å². The van der Waals surface area contributed by atoms with Gasteiger partial charge in [-0.25, -0.2) is 4.99 Å². The van der Waals surface area contributed by atoms with Gasteiger partial charge in [0.1, 0.15) is 12.4 Å². The van der Waals surface area contributed by atoms with Gasteiger partial charge in [0.25, 0.3) is 0 Å². The summed E-state index contributed by atoms with van der Waals surface area (Å²) in [7, 11) is 0. The molecule has 0 amide bonds. The van der Waals surface area contributed by atoms with E-state index in [2.05, 4.69) is 32.1 Å². The maximum atomic E-state index is 5.61. The molecule has 5 heterocycles. The molecular formula is C16H15BrN4O2. The molecule has 0 N–H and O–H groups in total. The van der Waals surface area contributed by atoms with E-state index < -0.39 is 0 Å². The second-order valence-corrected chi connectivity index (χ2v) is 6.88. The van der Waals surface area contributed by atoms with Gasteiger partial charge in [0, 0.05) is 24.5 Å². The predicted octanol–water partition coefficient (Wildman–Crippen LogP) is 2.32. The summed E-state index contributed by atoms with van der Waals surface area (Å²) in [4.78, 5) is 6.99. The molecule has 0 atom stereocenters. The molecule has 118 valence electrons. The molecule has 4 aliphatic rings. The minimum absolute atomic E-state index is 0.357. The van der Waals surface area contributed by atoms with Gasteiger partial charge in [-0.15, -0.1) is 0 Å². The number of allylic oxidation sites excluding steroid dienone is 1. The molecule has 1 saturated heterocycles. The zero-order chi connectivity index (χ0) is 15.4. The van der Waals surface area contributed by atoms with Gasteiger partial charge in [-0.05, 0) is 27.9 Å². The Morgan fingerprint density at radius 3 is 3.04 bits per heavy atom. The maximum Gasteiger partial charge on any atom is 0.143 e. The molecule has 1 fully saturated rings.